The number of carbonyl (C=O) groups is 2. The smallest absolute Gasteiger partial charge is 0.159 e. The number of piperidine rings is 2. The van der Waals surface area contributed by atoms with E-state index in [0.717, 1.165) is 48.1 Å². The highest BCUT2D eigenvalue weighted by molar-refractivity contribution is 5.94. The fourth-order valence-corrected chi connectivity index (χ4v) is 12.1. The number of Topliss-reactive ketones (excluding diaryl/α,β-unsaturated/α-hetero) is 2. The Morgan fingerprint density at radius 3 is 2.33 bits per heavy atom. The summed E-state index contributed by atoms with van der Waals surface area (Å²) in [5.74, 6) is 1.23. The van der Waals surface area contributed by atoms with Gasteiger partial charge in [0.05, 0.1) is 37.6 Å². The minimum Gasteiger partial charge on any atom is -0.500 e. The van der Waals surface area contributed by atoms with Crippen LogP contribution in [0.4, 0.5) is 0 Å². The maximum absolute atomic E-state index is 14.0. The van der Waals surface area contributed by atoms with Gasteiger partial charge >= 0.3 is 0 Å². The molecule has 2 aromatic heterocycles. The van der Waals surface area contributed by atoms with Gasteiger partial charge in [-0.2, -0.15) is 0 Å². The number of ketones is 2. The van der Waals surface area contributed by atoms with E-state index in [2.05, 4.69) is 83.5 Å². The number of benzene rings is 2. The topological polar surface area (TPSA) is 89.2 Å². The molecule has 7 heterocycles. The number of likely N-dealkylation sites (N-methyl/N-ethyl adjacent to an activating group) is 2. The first-order valence-electron chi connectivity index (χ1n) is 19.2. The predicted octanol–water partition coefficient (Wildman–Crippen LogP) is 5.69. The molecule has 9 heteroatoms. The SMILES string of the molecule is COc1ccc2c3c(n(C)c2c1C[C@@H](C(C)=O)[C@@H]1C[C@H]2c4c(c5ccccc5n4C)C[C@@H]([C@@H]1CO)N2C)[C@@H]1C[C@H]2C(C(C)=O)=COC[C@H]2[C@H](C3)N1C. The van der Waals surface area contributed by atoms with Crippen LogP contribution in [0, 0.1) is 29.6 Å². The van der Waals surface area contributed by atoms with Crippen molar-refractivity contribution in [1.29, 1.82) is 0 Å². The molecular formula is C43H52N4O5. The first kappa shape index (κ1) is 33.9. The Morgan fingerprint density at radius 1 is 0.904 bits per heavy atom. The Morgan fingerprint density at radius 2 is 1.60 bits per heavy atom. The van der Waals surface area contributed by atoms with Gasteiger partial charge in [0.15, 0.2) is 5.78 Å². The number of methoxy groups -OCH3 is 1. The number of aromatic nitrogens is 2. The van der Waals surface area contributed by atoms with Gasteiger partial charge in [-0.25, -0.2) is 0 Å². The number of allylic oxidation sites excluding steroid dienone is 1. The third kappa shape index (κ3) is 4.64. The molecule has 2 saturated heterocycles. The molecule has 4 aromatic rings. The summed E-state index contributed by atoms with van der Waals surface area (Å²) in [6.45, 7) is 4.10. The maximum Gasteiger partial charge on any atom is 0.159 e. The minimum atomic E-state index is -0.274. The van der Waals surface area contributed by atoms with Crippen molar-refractivity contribution in [3.05, 3.63) is 76.3 Å². The summed E-state index contributed by atoms with van der Waals surface area (Å²) in [4.78, 5) is 31.7. The lowest BCUT2D eigenvalue weighted by atomic mass is 9.64. The van der Waals surface area contributed by atoms with Gasteiger partial charge in [-0.15, -0.1) is 0 Å². The normalized spacial score (nSPS) is 30.3. The van der Waals surface area contributed by atoms with Crippen LogP contribution in [0.2, 0.25) is 0 Å². The molecule has 1 N–H and O–H groups in total. The van der Waals surface area contributed by atoms with Crippen molar-refractivity contribution in [3.63, 3.8) is 0 Å². The standard InChI is InChI=1S/C43H52N4O5/c1-22(49)26(27-15-38-42-29(17-36(44(38)3)32(27)19-48)24-10-8-9-11-35(24)46(42)5)14-31-40(51-7)13-12-25-30-18-37-34-21-52-20-33(23(2)50)28(34)16-39(45(37)4)43(30)47(6)41(25)31/h8-13,20,26-28,32,34,36-39,48H,14-19,21H2,1-7H3/t26-,27-,28-,32+,34+,36-,37-,38-,39-/m0/s1. The van der Waals surface area contributed by atoms with Crippen LogP contribution in [-0.2, 0) is 47.7 Å². The Kier molecular flexibility index (Phi) is 8.03. The highest BCUT2D eigenvalue weighted by atomic mass is 16.5. The molecule has 2 aromatic carbocycles. The summed E-state index contributed by atoms with van der Waals surface area (Å²) < 4.78 is 16.8. The molecule has 9 nitrogen and oxygen atoms in total. The number of ether oxygens (including phenoxy) is 2. The molecule has 0 radical (unpaired) electrons. The van der Waals surface area contributed by atoms with Gasteiger partial charge in [0.25, 0.3) is 0 Å². The molecule has 9 rings (SSSR count). The number of para-hydroxylation sites is 1. The first-order valence-corrected chi connectivity index (χ1v) is 19.2. The number of rotatable bonds is 7. The molecule has 0 unspecified atom stereocenters. The van der Waals surface area contributed by atoms with Crippen LogP contribution >= 0.6 is 0 Å². The molecule has 5 aliphatic heterocycles. The van der Waals surface area contributed by atoms with Crippen molar-refractivity contribution in [2.75, 3.05) is 34.4 Å². The molecule has 2 fully saturated rings. The van der Waals surface area contributed by atoms with E-state index in [9.17, 15) is 14.7 Å². The fourth-order valence-electron chi connectivity index (χ4n) is 12.1. The zero-order valence-corrected chi connectivity index (χ0v) is 31.6. The lowest BCUT2D eigenvalue weighted by molar-refractivity contribution is -0.126. The monoisotopic (exact) mass is 704 g/mol. The molecule has 0 aliphatic carbocycles. The predicted molar refractivity (Wildman–Crippen MR) is 201 cm³/mol. The first-order chi connectivity index (χ1) is 25.0. The van der Waals surface area contributed by atoms with Crippen LogP contribution in [-0.4, -0.2) is 82.1 Å². The zero-order chi connectivity index (χ0) is 36.3. The van der Waals surface area contributed by atoms with E-state index in [1.54, 1.807) is 27.2 Å². The Labute approximate surface area is 306 Å². The lowest BCUT2D eigenvalue weighted by Gasteiger charge is -2.53. The number of hydrogen-bond donors (Lipinski definition) is 1. The Bertz CT molecular complexity index is 2160. The van der Waals surface area contributed by atoms with Crippen LogP contribution < -0.4 is 4.74 Å². The number of aliphatic hydroxyl groups is 1. The van der Waals surface area contributed by atoms with Crippen molar-refractivity contribution < 1.29 is 24.2 Å². The fraction of sp³-hybridized carbons (Fsp3) is 0.535. The molecule has 9 atom stereocenters. The second-order valence-electron chi connectivity index (χ2n) is 16.5. The number of fused-ring (bicyclic) bond motifs is 14. The van der Waals surface area contributed by atoms with Gasteiger partial charge in [-0.3, -0.25) is 19.4 Å². The Balaban J connectivity index is 1.13. The second kappa shape index (κ2) is 12.3. The highest BCUT2D eigenvalue weighted by Crippen LogP contribution is 2.54. The number of carbonyl (C=O) groups excluding carboxylic acids is 2. The van der Waals surface area contributed by atoms with E-state index in [1.807, 2.05) is 0 Å². The number of hydrogen-bond acceptors (Lipinski definition) is 7. The highest BCUT2D eigenvalue weighted by Gasteiger charge is 2.52. The van der Waals surface area contributed by atoms with Crippen molar-refractivity contribution >= 4 is 33.4 Å². The summed E-state index contributed by atoms with van der Waals surface area (Å²) in [5.41, 5.74) is 9.71. The summed E-state index contributed by atoms with van der Waals surface area (Å²) >= 11 is 0. The van der Waals surface area contributed by atoms with Crippen LogP contribution in [0.15, 0.2) is 48.2 Å². The van der Waals surface area contributed by atoms with Crippen molar-refractivity contribution in [2.45, 2.75) is 70.1 Å². The summed E-state index contributed by atoms with van der Waals surface area (Å²) in [5, 5.41) is 13.7. The number of aryl methyl sites for hydroxylation is 2. The van der Waals surface area contributed by atoms with Crippen molar-refractivity contribution in [3.8, 4) is 5.75 Å². The second-order valence-corrected chi connectivity index (χ2v) is 16.5. The van der Waals surface area contributed by atoms with E-state index in [0.29, 0.717) is 13.0 Å². The van der Waals surface area contributed by atoms with E-state index < -0.39 is 0 Å². The molecule has 0 amide bonds. The zero-order valence-electron chi connectivity index (χ0n) is 31.6. The molecule has 4 bridgehead atoms. The van der Waals surface area contributed by atoms with E-state index >= 15 is 0 Å². The van der Waals surface area contributed by atoms with E-state index in [1.165, 1.54) is 38.8 Å². The van der Waals surface area contributed by atoms with Gasteiger partial charge < -0.3 is 23.7 Å². The van der Waals surface area contributed by atoms with Crippen LogP contribution in [0.3, 0.4) is 0 Å². The summed E-state index contributed by atoms with van der Waals surface area (Å²) in [6.07, 6.45) is 5.71. The molecule has 5 aliphatic rings. The van der Waals surface area contributed by atoms with Gasteiger partial charge in [0.2, 0.25) is 0 Å². The average Bonchev–Trinajstić information content (AvgIpc) is 3.56. The molecule has 52 heavy (non-hydrogen) atoms. The van der Waals surface area contributed by atoms with Crippen LogP contribution in [0.1, 0.15) is 66.9 Å². The largest absolute Gasteiger partial charge is 0.500 e. The number of aliphatic hydroxyl groups excluding tert-OH is 1. The average molecular weight is 705 g/mol. The molecule has 274 valence electrons. The lowest BCUT2D eigenvalue weighted by Crippen LogP contribution is -2.56. The van der Waals surface area contributed by atoms with Crippen molar-refractivity contribution in [2.24, 2.45) is 43.7 Å². The third-order valence-corrected chi connectivity index (χ3v) is 14.5. The van der Waals surface area contributed by atoms with Gasteiger partial charge in [-0.1, -0.05) is 18.2 Å². The molecule has 0 spiro atoms. The molecular weight excluding hydrogens is 652 g/mol. The molecule has 0 saturated carbocycles. The summed E-state index contributed by atoms with van der Waals surface area (Å²) in [7, 11) is 10.5. The maximum atomic E-state index is 14.0. The Hall–Kier alpha value is -3.92. The van der Waals surface area contributed by atoms with Crippen LogP contribution in [0.5, 0.6) is 5.75 Å². The van der Waals surface area contributed by atoms with Gasteiger partial charge in [-0.05, 0) is 101 Å². The third-order valence-electron chi connectivity index (χ3n) is 14.5. The minimum absolute atomic E-state index is 0.0139. The van der Waals surface area contributed by atoms with Gasteiger partial charge in [0.1, 0.15) is 11.5 Å². The quantitative estimate of drug-likeness (QED) is 0.265. The van der Waals surface area contributed by atoms with E-state index in [4.69, 9.17) is 9.47 Å². The van der Waals surface area contributed by atoms with Gasteiger partial charge in [0, 0.05) is 89.4 Å². The van der Waals surface area contributed by atoms with Crippen LogP contribution in [0.25, 0.3) is 21.8 Å². The van der Waals surface area contributed by atoms with Crippen molar-refractivity contribution in [1.82, 2.24) is 18.9 Å². The number of nitrogens with zero attached hydrogens (tertiary/aromatic N) is 4. The summed E-state index contributed by atoms with van der Waals surface area (Å²) in [6, 6.07) is 13.7. The van der Waals surface area contributed by atoms with E-state index in [-0.39, 0.29) is 71.9 Å².